The van der Waals surface area contributed by atoms with Crippen molar-refractivity contribution in [2.75, 3.05) is 0 Å². The second-order valence-corrected chi connectivity index (χ2v) is 8.96. The van der Waals surface area contributed by atoms with Crippen LogP contribution in [0, 0.1) is 17.8 Å². The highest BCUT2D eigenvalue weighted by atomic mass is 16.5. The third-order valence-electron chi connectivity index (χ3n) is 6.42. The van der Waals surface area contributed by atoms with Crippen LogP contribution in [0.5, 0.6) is 0 Å². The molecular formula is C23H40O4. The molecule has 0 aliphatic heterocycles. The summed E-state index contributed by atoms with van der Waals surface area (Å²) in [5.74, 6) is 0.758. The molecule has 4 heteroatoms. The van der Waals surface area contributed by atoms with Crippen molar-refractivity contribution in [1.29, 1.82) is 0 Å². The summed E-state index contributed by atoms with van der Waals surface area (Å²) in [7, 11) is 0. The number of carbonyl (C=O) groups is 2. The van der Waals surface area contributed by atoms with Gasteiger partial charge >= 0.3 is 11.9 Å². The highest BCUT2D eigenvalue weighted by Gasteiger charge is 2.32. The standard InChI is InChI=1S/C23H40O4/c1-4-5-6-7-8-18(3)26-22(24)20-13-15-21(16-14-20)27-23(25)19-11-9-17(2)10-12-19/h17-21H,4-16H2,1-3H3. The third-order valence-corrected chi connectivity index (χ3v) is 6.42. The number of hydrogen-bond donors (Lipinski definition) is 0. The van der Waals surface area contributed by atoms with Gasteiger partial charge in [-0.3, -0.25) is 9.59 Å². The molecule has 0 heterocycles. The van der Waals surface area contributed by atoms with Crippen molar-refractivity contribution < 1.29 is 19.1 Å². The second kappa shape index (κ2) is 11.7. The molecule has 0 aromatic carbocycles. The van der Waals surface area contributed by atoms with Crippen LogP contribution in [0.2, 0.25) is 0 Å². The predicted molar refractivity (Wildman–Crippen MR) is 107 cm³/mol. The Kier molecular flexibility index (Phi) is 9.64. The molecule has 4 nitrogen and oxygen atoms in total. The van der Waals surface area contributed by atoms with Gasteiger partial charge in [-0.2, -0.15) is 0 Å². The van der Waals surface area contributed by atoms with E-state index in [0.29, 0.717) is 0 Å². The van der Waals surface area contributed by atoms with Crippen molar-refractivity contribution in [2.24, 2.45) is 17.8 Å². The molecular weight excluding hydrogens is 340 g/mol. The fourth-order valence-corrected chi connectivity index (χ4v) is 4.38. The average Bonchev–Trinajstić information content (AvgIpc) is 2.66. The Morgan fingerprint density at radius 2 is 1.44 bits per heavy atom. The Morgan fingerprint density at radius 3 is 2.07 bits per heavy atom. The fraction of sp³-hybridized carbons (Fsp3) is 0.913. The van der Waals surface area contributed by atoms with Crippen LogP contribution in [0.15, 0.2) is 0 Å². The van der Waals surface area contributed by atoms with E-state index in [9.17, 15) is 9.59 Å². The molecule has 0 bridgehead atoms. The van der Waals surface area contributed by atoms with Crippen LogP contribution >= 0.6 is 0 Å². The SMILES string of the molecule is CCCCCCC(C)OC(=O)C1CCC(OC(=O)C2CCC(C)CC2)CC1. The minimum atomic E-state index is -0.0518. The van der Waals surface area contributed by atoms with Crippen molar-refractivity contribution in [1.82, 2.24) is 0 Å². The molecule has 0 spiro atoms. The molecule has 2 rings (SSSR count). The zero-order chi connectivity index (χ0) is 19.6. The Hall–Kier alpha value is -1.06. The molecule has 0 aromatic heterocycles. The van der Waals surface area contributed by atoms with Crippen molar-refractivity contribution >= 4 is 11.9 Å². The monoisotopic (exact) mass is 380 g/mol. The second-order valence-electron chi connectivity index (χ2n) is 8.96. The van der Waals surface area contributed by atoms with Gasteiger partial charge in [-0.15, -0.1) is 0 Å². The van der Waals surface area contributed by atoms with E-state index < -0.39 is 0 Å². The van der Waals surface area contributed by atoms with E-state index in [1.54, 1.807) is 0 Å². The Bertz CT molecular complexity index is 445. The number of carbonyl (C=O) groups excluding carboxylic acids is 2. The maximum atomic E-state index is 12.4. The predicted octanol–water partition coefficient (Wildman–Crippen LogP) is 5.82. The summed E-state index contributed by atoms with van der Waals surface area (Å²) in [5, 5.41) is 0. The van der Waals surface area contributed by atoms with Gasteiger partial charge in [0.1, 0.15) is 6.10 Å². The maximum absolute atomic E-state index is 12.4. The van der Waals surface area contributed by atoms with Crippen LogP contribution in [0.4, 0.5) is 0 Å². The molecule has 2 aliphatic carbocycles. The van der Waals surface area contributed by atoms with E-state index in [1.807, 2.05) is 6.92 Å². The lowest BCUT2D eigenvalue weighted by molar-refractivity contribution is -0.160. The van der Waals surface area contributed by atoms with E-state index >= 15 is 0 Å². The summed E-state index contributed by atoms with van der Waals surface area (Å²) >= 11 is 0. The Labute approximate surface area is 165 Å². The summed E-state index contributed by atoms with van der Waals surface area (Å²) in [4.78, 5) is 24.7. The Morgan fingerprint density at radius 1 is 0.852 bits per heavy atom. The van der Waals surface area contributed by atoms with E-state index in [-0.39, 0.29) is 36.0 Å². The van der Waals surface area contributed by atoms with Crippen LogP contribution in [0.25, 0.3) is 0 Å². The zero-order valence-electron chi connectivity index (χ0n) is 17.7. The molecule has 0 saturated heterocycles. The number of hydrogen-bond acceptors (Lipinski definition) is 4. The summed E-state index contributed by atoms with van der Waals surface area (Å²) in [6, 6.07) is 0. The molecule has 2 saturated carbocycles. The molecule has 156 valence electrons. The smallest absolute Gasteiger partial charge is 0.309 e. The quantitative estimate of drug-likeness (QED) is 0.374. The van der Waals surface area contributed by atoms with Gasteiger partial charge in [0.2, 0.25) is 0 Å². The zero-order valence-corrected chi connectivity index (χ0v) is 17.7. The lowest BCUT2D eigenvalue weighted by atomic mass is 9.83. The minimum absolute atomic E-state index is 0.00590. The van der Waals surface area contributed by atoms with E-state index in [1.165, 1.54) is 19.3 Å². The van der Waals surface area contributed by atoms with Crippen molar-refractivity contribution in [3.05, 3.63) is 0 Å². The van der Waals surface area contributed by atoms with Crippen LogP contribution < -0.4 is 0 Å². The van der Waals surface area contributed by atoms with Crippen LogP contribution in [0.1, 0.15) is 104 Å². The molecule has 0 radical (unpaired) electrons. The van der Waals surface area contributed by atoms with Gasteiger partial charge in [0.15, 0.2) is 0 Å². The number of unbranched alkanes of at least 4 members (excludes halogenated alkanes) is 3. The molecule has 27 heavy (non-hydrogen) atoms. The van der Waals surface area contributed by atoms with Crippen LogP contribution in [-0.2, 0) is 19.1 Å². The average molecular weight is 381 g/mol. The van der Waals surface area contributed by atoms with Gasteiger partial charge in [0.05, 0.1) is 17.9 Å². The molecule has 0 amide bonds. The van der Waals surface area contributed by atoms with Crippen molar-refractivity contribution in [3.63, 3.8) is 0 Å². The lowest BCUT2D eigenvalue weighted by Gasteiger charge is -2.30. The van der Waals surface area contributed by atoms with Gasteiger partial charge in [0, 0.05) is 0 Å². The van der Waals surface area contributed by atoms with Gasteiger partial charge < -0.3 is 9.47 Å². The van der Waals surface area contributed by atoms with Gasteiger partial charge in [-0.1, -0.05) is 33.1 Å². The highest BCUT2D eigenvalue weighted by molar-refractivity contribution is 5.73. The van der Waals surface area contributed by atoms with Gasteiger partial charge in [-0.05, 0) is 77.0 Å². The van der Waals surface area contributed by atoms with Crippen molar-refractivity contribution in [3.8, 4) is 0 Å². The highest BCUT2D eigenvalue weighted by Crippen LogP contribution is 2.32. The normalized spacial score (nSPS) is 29.7. The number of ether oxygens (including phenoxy) is 2. The minimum Gasteiger partial charge on any atom is -0.462 e. The first-order chi connectivity index (χ1) is 13.0. The molecule has 2 aliphatic rings. The fourth-order valence-electron chi connectivity index (χ4n) is 4.38. The topological polar surface area (TPSA) is 52.6 Å². The van der Waals surface area contributed by atoms with E-state index in [4.69, 9.17) is 9.47 Å². The summed E-state index contributed by atoms with van der Waals surface area (Å²) in [6.45, 7) is 6.46. The van der Waals surface area contributed by atoms with Crippen LogP contribution in [-0.4, -0.2) is 24.1 Å². The molecule has 1 atom stereocenters. The summed E-state index contributed by atoms with van der Waals surface area (Å²) < 4.78 is 11.4. The first kappa shape index (κ1) is 22.2. The van der Waals surface area contributed by atoms with E-state index in [2.05, 4.69) is 13.8 Å². The van der Waals surface area contributed by atoms with E-state index in [0.717, 1.165) is 70.1 Å². The molecule has 2 fully saturated rings. The van der Waals surface area contributed by atoms with Crippen molar-refractivity contribution in [2.45, 2.75) is 116 Å². The summed E-state index contributed by atoms with van der Waals surface area (Å²) in [6.07, 6.45) is 13.1. The van der Waals surface area contributed by atoms with Gasteiger partial charge in [0.25, 0.3) is 0 Å². The first-order valence-corrected chi connectivity index (χ1v) is 11.4. The molecule has 1 unspecified atom stereocenters. The molecule has 0 N–H and O–H groups in total. The van der Waals surface area contributed by atoms with Gasteiger partial charge in [-0.25, -0.2) is 0 Å². The number of esters is 2. The van der Waals surface area contributed by atoms with Crippen LogP contribution in [0.3, 0.4) is 0 Å². The molecule has 0 aromatic rings. The number of rotatable bonds is 9. The largest absolute Gasteiger partial charge is 0.462 e. The maximum Gasteiger partial charge on any atom is 0.309 e. The third kappa shape index (κ3) is 7.83. The lowest BCUT2D eigenvalue weighted by Crippen LogP contribution is -2.32. The Balaban J connectivity index is 1.62. The first-order valence-electron chi connectivity index (χ1n) is 11.4. The summed E-state index contributed by atoms with van der Waals surface area (Å²) in [5.41, 5.74) is 0.